The first-order chi connectivity index (χ1) is 11.3. The van der Waals surface area contributed by atoms with Gasteiger partial charge in [-0.15, -0.1) is 0 Å². The maximum atomic E-state index is 12.5. The Kier molecular flexibility index (Phi) is 3.54. The van der Waals surface area contributed by atoms with Crippen LogP contribution in [0.3, 0.4) is 0 Å². The van der Waals surface area contributed by atoms with Crippen molar-refractivity contribution in [1.29, 1.82) is 0 Å². The number of benzene rings is 2. The third-order valence-corrected chi connectivity index (χ3v) is 4.08. The molecule has 2 aromatic carbocycles. The predicted octanol–water partition coefficient (Wildman–Crippen LogP) is 2.47. The van der Waals surface area contributed by atoms with Gasteiger partial charge in [0.25, 0.3) is 5.91 Å². The van der Waals surface area contributed by atoms with E-state index in [1.54, 1.807) is 6.07 Å². The van der Waals surface area contributed by atoms with E-state index in [0.29, 0.717) is 18.1 Å². The summed E-state index contributed by atoms with van der Waals surface area (Å²) in [5, 5.41) is 3.05. The zero-order valence-corrected chi connectivity index (χ0v) is 12.5. The zero-order valence-electron chi connectivity index (χ0n) is 12.5. The van der Waals surface area contributed by atoms with E-state index in [0.717, 1.165) is 17.7 Å². The summed E-state index contributed by atoms with van der Waals surface area (Å²) in [6.45, 7) is 0.806. The fourth-order valence-corrected chi connectivity index (χ4v) is 2.91. The molecule has 2 aliphatic rings. The second-order valence-corrected chi connectivity index (χ2v) is 5.60. The van der Waals surface area contributed by atoms with Gasteiger partial charge in [-0.25, -0.2) is 0 Å². The molecule has 2 aromatic rings. The lowest BCUT2D eigenvalue weighted by Gasteiger charge is -2.30. The molecule has 4 rings (SSSR count). The molecule has 23 heavy (non-hydrogen) atoms. The summed E-state index contributed by atoms with van der Waals surface area (Å²) in [4.78, 5) is 12.5. The minimum Gasteiger partial charge on any atom is -0.493 e. The first-order valence-electron chi connectivity index (χ1n) is 7.72. The van der Waals surface area contributed by atoms with Crippen LogP contribution in [0.15, 0.2) is 48.5 Å². The quantitative estimate of drug-likeness (QED) is 0.925. The third-order valence-electron chi connectivity index (χ3n) is 4.08. The number of amides is 1. The second-order valence-electron chi connectivity index (χ2n) is 5.60. The molecule has 0 aromatic heterocycles. The number of hydrogen-bond donors (Lipinski definition) is 1. The van der Waals surface area contributed by atoms with Crippen LogP contribution in [0.25, 0.3) is 0 Å². The molecular formula is C18H17NO4. The van der Waals surface area contributed by atoms with Gasteiger partial charge in [-0.05, 0) is 18.2 Å². The number of fused-ring (bicyclic) bond motifs is 2. The highest BCUT2D eigenvalue weighted by molar-refractivity contribution is 5.82. The monoisotopic (exact) mass is 311 g/mol. The van der Waals surface area contributed by atoms with E-state index in [9.17, 15) is 4.79 Å². The lowest BCUT2D eigenvalue weighted by atomic mass is 10.0. The topological polar surface area (TPSA) is 56.8 Å². The molecule has 0 radical (unpaired) electrons. The molecule has 0 bridgehead atoms. The Balaban J connectivity index is 1.47. The molecule has 2 aliphatic heterocycles. The van der Waals surface area contributed by atoms with Crippen molar-refractivity contribution < 1.29 is 19.0 Å². The Hall–Kier alpha value is -2.69. The number of ether oxygens (including phenoxy) is 3. The molecule has 0 spiro atoms. The Morgan fingerprint density at radius 2 is 1.70 bits per heavy atom. The molecular weight excluding hydrogens is 294 g/mol. The van der Waals surface area contributed by atoms with Gasteiger partial charge in [-0.1, -0.05) is 30.3 Å². The first kappa shape index (κ1) is 13.9. The fraction of sp³-hybridized carbons (Fsp3) is 0.278. The van der Waals surface area contributed by atoms with Crippen molar-refractivity contribution in [2.75, 3.05) is 13.2 Å². The van der Waals surface area contributed by atoms with Crippen LogP contribution < -0.4 is 19.5 Å². The molecule has 0 saturated carbocycles. The SMILES string of the molecule is O=C(N[C@H]1CCOc2ccccc21)[C@H]1COc2ccccc2O1. The Bertz CT molecular complexity index is 730. The van der Waals surface area contributed by atoms with Gasteiger partial charge in [0.05, 0.1) is 12.6 Å². The molecule has 1 N–H and O–H groups in total. The maximum absolute atomic E-state index is 12.5. The van der Waals surface area contributed by atoms with Crippen molar-refractivity contribution in [2.24, 2.45) is 0 Å². The third kappa shape index (κ3) is 2.70. The van der Waals surface area contributed by atoms with Crippen LogP contribution in [0.1, 0.15) is 18.0 Å². The number of nitrogens with one attached hydrogen (secondary N) is 1. The van der Waals surface area contributed by atoms with E-state index in [2.05, 4.69) is 5.32 Å². The van der Waals surface area contributed by atoms with Gasteiger partial charge < -0.3 is 19.5 Å². The summed E-state index contributed by atoms with van der Waals surface area (Å²) in [6, 6.07) is 15.1. The fourth-order valence-electron chi connectivity index (χ4n) is 2.91. The Morgan fingerprint density at radius 1 is 0.957 bits per heavy atom. The molecule has 0 aliphatic carbocycles. The number of hydrogen-bond acceptors (Lipinski definition) is 4. The van der Waals surface area contributed by atoms with E-state index in [-0.39, 0.29) is 18.6 Å². The van der Waals surface area contributed by atoms with Crippen molar-refractivity contribution >= 4 is 5.91 Å². The lowest BCUT2D eigenvalue weighted by molar-refractivity contribution is -0.131. The standard InChI is InChI=1S/C18H17NO4/c20-18(17-11-22-15-7-3-4-8-16(15)23-17)19-13-9-10-21-14-6-2-1-5-12(13)14/h1-8,13,17H,9-11H2,(H,19,20)/t13-,17+/m0/s1. The van der Waals surface area contributed by atoms with Crippen LogP contribution in [-0.4, -0.2) is 25.2 Å². The lowest BCUT2D eigenvalue weighted by Crippen LogP contribution is -2.45. The summed E-state index contributed by atoms with van der Waals surface area (Å²) in [5.41, 5.74) is 1.00. The van der Waals surface area contributed by atoms with E-state index < -0.39 is 6.10 Å². The highest BCUT2D eigenvalue weighted by atomic mass is 16.6. The van der Waals surface area contributed by atoms with E-state index in [1.807, 2.05) is 42.5 Å². The average molecular weight is 311 g/mol. The summed E-state index contributed by atoms with van der Waals surface area (Å²) in [5.74, 6) is 1.94. The highest BCUT2D eigenvalue weighted by Gasteiger charge is 2.30. The second kappa shape index (κ2) is 5.83. The predicted molar refractivity (Wildman–Crippen MR) is 83.8 cm³/mol. The van der Waals surface area contributed by atoms with E-state index in [4.69, 9.17) is 14.2 Å². The molecule has 5 heteroatoms. The van der Waals surface area contributed by atoms with E-state index >= 15 is 0 Å². The summed E-state index contributed by atoms with van der Waals surface area (Å²) < 4.78 is 17.0. The van der Waals surface area contributed by atoms with Gasteiger partial charge in [-0.3, -0.25) is 4.79 Å². The largest absolute Gasteiger partial charge is 0.493 e. The summed E-state index contributed by atoms with van der Waals surface area (Å²) in [6.07, 6.45) is 0.104. The van der Waals surface area contributed by atoms with Crippen LogP contribution in [0.2, 0.25) is 0 Å². The molecule has 118 valence electrons. The van der Waals surface area contributed by atoms with Crippen molar-refractivity contribution in [3.05, 3.63) is 54.1 Å². The van der Waals surface area contributed by atoms with Crippen molar-refractivity contribution in [3.63, 3.8) is 0 Å². The highest BCUT2D eigenvalue weighted by Crippen LogP contribution is 2.33. The van der Waals surface area contributed by atoms with Gasteiger partial charge in [0.2, 0.25) is 6.10 Å². The number of carbonyl (C=O) groups excluding carboxylic acids is 1. The van der Waals surface area contributed by atoms with Crippen LogP contribution in [0.4, 0.5) is 0 Å². The van der Waals surface area contributed by atoms with Crippen LogP contribution in [0.5, 0.6) is 17.2 Å². The minimum absolute atomic E-state index is 0.0618. The smallest absolute Gasteiger partial charge is 0.265 e. The van der Waals surface area contributed by atoms with Gasteiger partial charge >= 0.3 is 0 Å². The molecule has 5 nitrogen and oxygen atoms in total. The van der Waals surface area contributed by atoms with Gasteiger partial charge in [0, 0.05) is 12.0 Å². The van der Waals surface area contributed by atoms with Crippen molar-refractivity contribution in [2.45, 2.75) is 18.6 Å². The van der Waals surface area contributed by atoms with Crippen LogP contribution >= 0.6 is 0 Å². The molecule has 1 amide bonds. The van der Waals surface area contributed by atoms with Crippen molar-refractivity contribution in [1.82, 2.24) is 5.32 Å². The Morgan fingerprint density at radius 3 is 2.57 bits per heavy atom. The molecule has 2 atom stereocenters. The molecule has 0 fully saturated rings. The minimum atomic E-state index is -0.639. The van der Waals surface area contributed by atoms with Crippen LogP contribution in [-0.2, 0) is 4.79 Å². The van der Waals surface area contributed by atoms with Crippen molar-refractivity contribution in [3.8, 4) is 17.2 Å². The van der Waals surface area contributed by atoms with E-state index in [1.165, 1.54) is 0 Å². The number of para-hydroxylation sites is 3. The first-order valence-corrected chi connectivity index (χ1v) is 7.72. The van der Waals surface area contributed by atoms with Gasteiger partial charge in [0.15, 0.2) is 11.5 Å². The summed E-state index contributed by atoms with van der Waals surface area (Å²) in [7, 11) is 0. The van der Waals surface area contributed by atoms with Gasteiger partial charge in [-0.2, -0.15) is 0 Å². The Labute approximate surface area is 134 Å². The number of carbonyl (C=O) groups is 1. The molecule has 0 unspecified atom stereocenters. The average Bonchev–Trinajstić information content (AvgIpc) is 2.61. The normalized spacial score (nSPS) is 21.7. The summed E-state index contributed by atoms with van der Waals surface area (Å²) >= 11 is 0. The molecule has 0 saturated heterocycles. The zero-order chi connectivity index (χ0) is 15.6. The molecule has 2 heterocycles. The maximum Gasteiger partial charge on any atom is 0.265 e. The van der Waals surface area contributed by atoms with Gasteiger partial charge in [0.1, 0.15) is 12.4 Å². The number of rotatable bonds is 2. The van der Waals surface area contributed by atoms with Crippen LogP contribution in [0, 0.1) is 0 Å².